The minimum atomic E-state index is -0.298. The average Bonchev–Trinajstić information content (AvgIpc) is 2.71. The van der Waals surface area contributed by atoms with E-state index in [1.54, 1.807) is 0 Å². The van der Waals surface area contributed by atoms with Gasteiger partial charge in [0.25, 0.3) is 0 Å². The van der Waals surface area contributed by atoms with Crippen molar-refractivity contribution in [3.63, 3.8) is 0 Å². The number of hydrogen-bond donors (Lipinski definition) is 3. The van der Waals surface area contributed by atoms with Crippen molar-refractivity contribution in [1.82, 2.24) is 9.27 Å². The molecule has 1 aromatic rings. The molecule has 0 bridgehead atoms. The summed E-state index contributed by atoms with van der Waals surface area (Å²) in [6.45, 7) is 1.94. The maximum Gasteiger partial charge on any atom is 0.231 e. The molecule has 5 N–H and O–H groups in total. The second-order valence-electron chi connectivity index (χ2n) is 4.54. The molecule has 102 valence electrons. The summed E-state index contributed by atoms with van der Waals surface area (Å²) >= 11 is 1.21. The van der Waals surface area contributed by atoms with Crippen LogP contribution in [-0.2, 0) is 4.79 Å². The number of anilines is 2. The van der Waals surface area contributed by atoms with E-state index in [4.69, 9.17) is 16.7 Å². The summed E-state index contributed by atoms with van der Waals surface area (Å²) in [5.74, 6) is -0.0189. The van der Waals surface area contributed by atoms with Crippen LogP contribution in [0.1, 0.15) is 18.4 Å². The predicted octanol–water partition coefficient (Wildman–Crippen LogP) is -0.0414. The third-order valence-corrected chi connectivity index (χ3v) is 3.93. The fraction of sp³-hybridized carbons (Fsp3) is 0.545. The number of nitriles is 1. The van der Waals surface area contributed by atoms with Gasteiger partial charge in [0, 0.05) is 19.1 Å². The molecule has 0 aromatic carbocycles. The number of nitrogens with one attached hydrogen (secondary N) is 1. The molecule has 0 atom stereocenters. The molecule has 1 aliphatic rings. The van der Waals surface area contributed by atoms with Crippen LogP contribution in [0.15, 0.2) is 0 Å². The number of primary amides is 1. The number of rotatable bonds is 4. The van der Waals surface area contributed by atoms with Crippen molar-refractivity contribution in [1.29, 1.82) is 5.26 Å². The summed E-state index contributed by atoms with van der Waals surface area (Å²) in [4.78, 5) is 12.9. The minimum absolute atomic E-state index is 0.274. The number of carbonyl (C=O) groups is 1. The van der Waals surface area contributed by atoms with Gasteiger partial charge in [-0.2, -0.15) is 9.64 Å². The Morgan fingerprint density at radius 3 is 2.84 bits per heavy atom. The standard InChI is InChI=1S/C11H16N6OS/c12-5-8-10(14)16-19-11(8)15-7-1-3-17(4-2-7)6-9(13)18/h7,15H,1-4,6H2,(H2,13,18)(H2,14,16). The normalized spacial score (nSPS) is 17.0. The van der Waals surface area contributed by atoms with Crippen molar-refractivity contribution < 1.29 is 4.79 Å². The second-order valence-corrected chi connectivity index (χ2v) is 5.32. The molecular formula is C11H16N6OS. The molecule has 0 unspecified atom stereocenters. The molecule has 0 radical (unpaired) electrons. The SMILES string of the molecule is N#Cc1c(N)nsc1NC1CCN(CC(N)=O)CC1. The van der Waals surface area contributed by atoms with Gasteiger partial charge in [-0.25, -0.2) is 0 Å². The first-order chi connectivity index (χ1) is 9.10. The van der Waals surface area contributed by atoms with Gasteiger partial charge in [-0.15, -0.1) is 0 Å². The van der Waals surface area contributed by atoms with Crippen molar-refractivity contribution >= 4 is 28.3 Å². The van der Waals surface area contributed by atoms with Crippen LogP contribution in [0.25, 0.3) is 0 Å². The Kier molecular flexibility index (Phi) is 4.19. The number of nitrogens with zero attached hydrogens (tertiary/aromatic N) is 3. The molecule has 8 heteroatoms. The van der Waals surface area contributed by atoms with E-state index >= 15 is 0 Å². The number of aromatic nitrogens is 1. The predicted molar refractivity (Wildman–Crippen MR) is 73.5 cm³/mol. The van der Waals surface area contributed by atoms with Crippen LogP contribution in [-0.4, -0.2) is 40.9 Å². The lowest BCUT2D eigenvalue weighted by Gasteiger charge is -2.31. The van der Waals surface area contributed by atoms with Crippen LogP contribution >= 0.6 is 11.5 Å². The number of likely N-dealkylation sites (tertiary alicyclic amines) is 1. The van der Waals surface area contributed by atoms with Crippen molar-refractivity contribution in [2.24, 2.45) is 5.73 Å². The molecule has 1 saturated heterocycles. The minimum Gasteiger partial charge on any atom is -0.382 e. The number of nitrogen functional groups attached to an aromatic ring is 1. The van der Waals surface area contributed by atoms with E-state index in [9.17, 15) is 4.79 Å². The van der Waals surface area contributed by atoms with E-state index in [2.05, 4.69) is 15.8 Å². The van der Waals surface area contributed by atoms with Crippen molar-refractivity contribution in [3.8, 4) is 6.07 Å². The van der Waals surface area contributed by atoms with Gasteiger partial charge in [0.15, 0.2) is 5.82 Å². The molecule has 2 rings (SSSR count). The number of piperidine rings is 1. The molecular weight excluding hydrogens is 264 g/mol. The van der Waals surface area contributed by atoms with E-state index in [-0.39, 0.29) is 17.8 Å². The zero-order valence-electron chi connectivity index (χ0n) is 10.4. The largest absolute Gasteiger partial charge is 0.382 e. The van der Waals surface area contributed by atoms with Crippen LogP contribution < -0.4 is 16.8 Å². The molecule has 0 aliphatic carbocycles. The lowest BCUT2D eigenvalue weighted by atomic mass is 10.1. The van der Waals surface area contributed by atoms with Crippen LogP contribution in [0.4, 0.5) is 10.8 Å². The smallest absolute Gasteiger partial charge is 0.231 e. The first-order valence-corrected chi connectivity index (χ1v) is 6.80. The third kappa shape index (κ3) is 3.33. The summed E-state index contributed by atoms with van der Waals surface area (Å²) in [5, 5.41) is 13.0. The summed E-state index contributed by atoms with van der Waals surface area (Å²) in [7, 11) is 0. The Labute approximate surface area is 115 Å². The van der Waals surface area contributed by atoms with Crippen molar-refractivity contribution in [3.05, 3.63) is 5.56 Å². The van der Waals surface area contributed by atoms with Crippen LogP contribution in [0.3, 0.4) is 0 Å². The average molecular weight is 280 g/mol. The fourth-order valence-corrected chi connectivity index (χ4v) is 2.89. The first-order valence-electron chi connectivity index (χ1n) is 6.02. The fourth-order valence-electron chi connectivity index (χ4n) is 2.15. The number of hydrogen-bond acceptors (Lipinski definition) is 7. The van der Waals surface area contributed by atoms with Gasteiger partial charge < -0.3 is 16.8 Å². The lowest BCUT2D eigenvalue weighted by molar-refractivity contribution is -0.119. The monoisotopic (exact) mass is 280 g/mol. The van der Waals surface area contributed by atoms with Crippen LogP contribution in [0.5, 0.6) is 0 Å². The van der Waals surface area contributed by atoms with E-state index in [0.29, 0.717) is 12.1 Å². The molecule has 1 aliphatic heterocycles. The summed E-state index contributed by atoms with van der Waals surface area (Å²) in [6.07, 6.45) is 1.80. The third-order valence-electron chi connectivity index (χ3n) is 3.13. The van der Waals surface area contributed by atoms with Crippen LogP contribution in [0.2, 0.25) is 0 Å². The van der Waals surface area contributed by atoms with Gasteiger partial charge in [-0.3, -0.25) is 9.69 Å². The molecule has 19 heavy (non-hydrogen) atoms. The Morgan fingerprint density at radius 1 is 1.58 bits per heavy atom. The van der Waals surface area contributed by atoms with E-state index in [0.717, 1.165) is 30.9 Å². The second kappa shape index (κ2) is 5.86. The molecule has 2 heterocycles. The topological polar surface area (TPSA) is 121 Å². The Morgan fingerprint density at radius 2 is 2.26 bits per heavy atom. The zero-order chi connectivity index (χ0) is 13.8. The van der Waals surface area contributed by atoms with Crippen LogP contribution in [0, 0.1) is 11.3 Å². The van der Waals surface area contributed by atoms with E-state index < -0.39 is 0 Å². The maximum atomic E-state index is 10.8. The quantitative estimate of drug-likeness (QED) is 0.711. The van der Waals surface area contributed by atoms with Gasteiger partial charge in [0.2, 0.25) is 5.91 Å². The van der Waals surface area contributed by atoms with Gasteiger partial charge in [0.1, 0.15) is 16.6 Å². The molecule has 0 saturated carbocycles. The highest BCUT2D eigenvalue weighted by atomic mass is 32.1. The van der Waals surface area contributed by atoms with Gasteiger partial charge in [-0.1, -0.05) is 0 Å². The van der Waals surface area contributed by atoms with E-state index in [1.807, 2.05) is 4.90 Å². The van der Waals surface area contributed by atoms with Gasteiger partial charge in [-0.05, 0) is 24.4 Å². The molecule has 7 nitrogen and oxygen atoms in total. The number of amides is 1. The van der Waals surface area contributed by atoms with Gasteiger partial charge in [0.05, 0.1) is 6.54 Å². The van der Waals surface area contributed by atoms with E-state index in [1.165, 1.54) is 11.5 Å². The summed E-state index contributed by atoms with van der Waals surface area (Å²) < 4.78 is 3.97. The summed E-state index contributed by atoms with van der Waals surface area (Å²) in [6, 6.07) is 2.33. The van der Waals surface area contributed by atoms with Crippen molar-refractivity contribution in [2.45, 2.75) is 18.9 Å². The Hall–Kier alpha value is -1.85. The van der Waals surface area contributed by atoms with Crippen molar-refractivity contribution in [2.75, 3.05) is 30.7 Å². The molecule has 1 aromatic heterocycles. The highest BCUT2D eigenvalue weighted by Crippen LogP contribution is 2.27. The molecule has 0 spiro atoms. The molecule has 1 amide bonds. The van der Waals surface area contributed by atoms with Gasteiger partial charge >= 0.3 is 0 Å². The highest BCUT2D eigenvalue weighted by Gasteiger charge is 2.22. The zero-order valence-corrected chi connectivity index (χ0v) is 11.2. The number of carbonyl (C=O) groups excluding carboxylic acids is 1. The Balaban J connectivity index is 1.89. The Bertz CT molecular complexity index is 500. The maximum absolute atomic E-state index is 10.8. The number of nitrogens with two attached hydrogens (primary N) is 2. The lowest BCUT2D eigenvalue weighted by Crippen LogP contribution is -2.42. The highest BCUT2D eigenvalue weighted by molar-refractivity contribution is 7.10. The first kappa shape index (κ1) is 13.6. The molecule has 1 fully saturated rings. The summed E-state index contributed by atoms with van der Waals surface area (Å²) in [5.41, 5.74) is 11.2.